The van der Waals surface area contributed by atoms with Crippen LogP contribution in [0.1, 0.15) is 32.3 Å². The van der Waals surface area contributed by atoms with Crippen molar-refractivity contribution in [3.8, 4) is 0 Å². The van der Waals surface area contributed by atoms with E-state index in [1.807, 2.05) is 0 Å². The Morgan fingerprint density at radius 1 is 1.25 bits per heavy atom. The lowest BCUT2D eigenvalue weighted by Crippen LogP contribution is -2.22. The van der Waals surface area contributed by atoms with Crippen molar-refractivity contribution in [3.05, 3.63) is 39.7 Å². The Hall–Kier alpha value is -2.95. The van der Waals surface area contributed by atoms with Gasteiger partial charge >= 0.3 is 6.18 Å². The van der Waals surface area contributed by atoms with E-state index in [-0.39, 0.29) is 32.9 Å². The van der Waals surface area contributed by atoms with E-state index in [1.54, 1.807) is 19.9 Å². The lowest BCUT2D eigenvalue weighted by Gasteiger charge is -2.10. The minimum atomic E-state index is -4.63. The second kappa shape index (κ2) is 6.89. The van der Waals surface area contributed by atoms with E-state index >= 15 is 0 Å². The van der Waals surface area contributed by atoms with Crippen LogP contribution in [0.5, 0.6) is 0 Å². The van der Waals surface area contributed by atoms with Crippen molar-refractivity contribution in [1.29, 1.82) is 0 Å². The number of anilines is 1. The number of amides is 2. The summed E-state index contributed by atoms with van der Waals surface area (Å²) in [5, 5.41) is 7.03. The predicted molar refractivity (Wildman–Crippen MR) is 98.2 cm³/mol. The molecule has 0 radical (unpaired) electrons. The van der Waals surface area contributed by atoms with Crippen LogP contribution < -0.4 is 11.1 Å². The number of thiophene rings is 1. The molecule has 0 saturated carbocycles. The van der Waals surface area contributed by atoms with Crippen LogP contribution in [0, 0.1) is 20.8 Å². The second-order valence-electron chi connectivity index (χ2n) is 6.31. The highest BCUT2D eigenvalue weighted by Gasteiger charge is 2.34. The fourth-order valence-corrected chi connectivity index (χ4v) is 3.93. The molecule has 7 nitrogen and oxygen atoms in total. The Morgan fingerprint density at radius 3 is 2.46 bits per heavy atom. The number of carbonyl (C=O) groups is 2. The quantitative estimate of drug-likeness (QED) is 0.688. The summed E-state index contributed by atoms with van der Waals surface area (Å²) in [5.41, 5.74) is 6.09. The molecule has 0 spiro atoms. The van der Waals surface area contributed by atoms with Crippen molar-refractivity contribution in [2.75, 3.05) is 5.32 Å². The average molecular weight is 411 g/mol. The highest BCUT2D eigenvalue weighted by Crippen LogP contribution is 2.39. The molecule has 3 aromatic heterocycles. The molecule has 0 aliphatic carbocycles. The van der Waals surface area contributed by atoms with E-state index in [4.69, 9.17) is 5.73 Å². The topological polar surface area (TPSA) is 103 Å². The van der Waals surface area contributed by atoms with Gasteiger partial charge in [0.15, 0.2) is 0 Å². The molecule has 3 aromatic rings. The van der Waals surface area contributed by atoms with Crippen molar-refractivity contribution >= 4 is 39.1 Å². The summed E-state index contributed by atoms with van der Waals surface area (Å²) in [6.45, 7) is 4.90. The van der Waals surface area contributed by atoms with Crippen LogP contribution in [-0.2, 0) is 17.5 Å². The molecule has 0 atom stereocenters. The highest BCUT2D eigenvalue weighted by atomic mass is 32.1. The minimum Gasteiger partial charge on any atom is -0.365 e. The lowest BCUT2D eigenvalue weighted by molar-refractivity contribution is -0.141. The number of nitrogens with one attached hydrogen (secondary N) is 1. The summed E-state index contributed by atoms with van der Waals surface area (Å²) in [5.74, 6) is -1.36. The SMILES string of the molecule is Cc1cc(C)n(CC(=O)Nc2c(C(N)=O)sc3nc(C(F)(F)F)cc(C)c23)n1. The molecule has 0 aromatic carbocycles. The minimum absolute atomic E-state index is 0.0254. The zero-order chi connectivity index (χ0) is 20.8. The highest BCUT2D eigenvalue weighted by molar-refractivity contribution is 7.21. The van der Waals surface area contributed by atoms with Crippen molar-refractivity contribution in [1.82, 2.24) is 14.8 Å². The van der Waals surface area contributed by atoms with Gasteiger partial charge in [0.05, 0.1) is 11.4 Å². The van der Waals surface area contributed by atoms with E-state index in [2.05, 4.69) is 15.4 Å². The number of hydrogen-bond donors (Lipinski definition) is 2. The number of alkyl halides is 3. The van der Waals surface area contributed by atoms with Gasteiger partial charge in [0.1, 0.15) is 21.9 Å². The molecular weight excluding hydrogens is 395 g/mol. The number of aromatic nitrogens is 3. The number of nitrogens with zero attached hydrogens (tertiary/aromatic N) is 3. The maximum Gasteiger partial charge on any atom is 0.433 e. The van der Waals surface area contributed by atoms with E-state index < -0.39 is 23.7 Å². The third kappa shape index (κ3) is 3.70. The average Bonchev–Trinajstić information content (AvgIpc) is 3.07. The molecule has 0 bridgehead atoms. The van der Waals surface area contributed by atoms with Gasteiger partial charge in [0.2, 0.25) is 5.91 Å². The zero-order valence-electron chi connectivity index (χ0n) is 15.1. The van der Waals surface area contributed by atoms with Crippen LogP contribution in [0.15, 0.2) is 12.1 Å². The fourth-order valence-electron chi connectivity index (χ4n) is 2.87. The molecule has 0 unspecified atom stereocenters. The van der Waals surface area contributed by atoms with Gasteiger partial charge in [-0.2, -0.15) is 18.3 Å². The van der Waals surface area contributed by atoms with Gasteiger partial charge in [0, 0.05) is 11.1 Å². The third-order valence-electron chi connectivity index (χ3n) is 4.03. The van der Waals surface area contributed by atoms with E-state index in [0.29, 0.717) is 11.3 Å². The Labute approximate surface area is 161 Å². The summed E-state index contributed by atoms with van der Waals surface area (Å²) in [7, 11) is 0. The fraction of sp³-hybridized carbons (Fsp3) is 0.294. The number of aryl methyl sites for hydroxylation is 3. The van der Waals surface area contributed by atoms with Gasteiger partial charge in [-0.3, -0.25) is 14.3 Å². The first-order chi connectivity index (χ1) is 13.0. The van der Waals surface area contributed by atoms with Gasteiger partial charge in [-0.05, 0) is 38.5 Å². The number of primary amides is 1. The van der Waals surface area contributed by atoms with E-state index in [1.165, 1.54) is 11.6 Å². The number of halogens is 3. The number of nitrogens with two attached hydrogens (primary N) is 1. The monoisotopic (exact) mass is 411 g/mol. The standard InChI is InChI=1S/C17H16F3N5O2S/c1-7-4-10(17(18,19)20)22-16-12(7)13(14(28-16)15(21)27)23-11(26)6-25-9(3)5-8(2)24-25/h4-5H,6H2,1-3H3,(H2,21,27)(H,23,26). The lowest BCUT2D eigenvalue weighted by atomic mass is 10.1. The molecule has 28 heavy (non-hydrogen) atoms. The first kappa shape index (κ1) is 19.8. The molecule has 0 fully saturated rings. The second-order valence-corrected chi connectivity index (χ2v) is 7.30. The number of pyridine rings is 1. The molecule has 3 heterocycles. The molecule has 148 valence electrons. The summed E-state index contributed by atoms with van der Waals surface area (Å²) >= 11 is 0.709. The molecule has 0 aliphatic rings. The normalized spacial score (nSPS) is 11.8. The van der Waals surface area contributed by atoms with Gasteiger partial charge in [-0.1, -0.05) is 0 Å². The van der Waals surface area contributed by atoms with Gasteiger partial charge in [0.25, 0.3) is 5.91 Å². The molecular formula is C17H16F3N5O2S. The van der Waals surface area contributed by atoms with E-state index in [9.17, 15) is 22.8 Å². The van der Waals surface area contributed by atoms with Crippen LogP contribution in [-0.4, -0.2) is 26.6 Å². The van der Waals surface area contributed by atoms with Crippen LogP contribution in [0.3, 0.4) is 0 Å². The molecule has 0 aliphatic heterocycles. The Balaban J connectivity index is 2.03. The largest absolute Gasteiger partial charge is 0.433 e. The third-order valence-corrected chi connectivity index (χ3v) is 5.13. The number of hydrogen-bond acceptors (Lipinski definition) is 5. The van der Waals surface area contributed by atoms with Crippen molar-refractivity contribution in [3.63, 3.8) is 0 Å². The van der Waals surface area contributed by atoms with Gasteiger partial charge in [-0.25, -0.2) is 4.98 Å². The Kier molecular flexibility index (Phi) is 4.88. The maximum atomic E-state index is 13.0. The van der Waals surface area contributed by atoms with Crippen LogP contribution in [0.25, 0.3) is 10.2 Å². The molecule has 3 rings (SSSR count). The predicted octanol–water partition coefficient (Wildman–Crippen LogP) is 3.17. The first-order valence-electron chi connectivity index (χ1n) is 8.09. The number of carbonyl (C=O) groups excluding carboxylic acids is 2. The van der Waals surface area contributed by atoms with Crippen LogP contribution >= 0.6 is 11.3 Å². The smallest absolute Gasteiger partial charge is 0.365 e. The molecule has 11 heteroatoms. The summed E-state index contributed by atoms with van der Waals surface area (Å²) < 4.78 is 40.6. The molecule has 0 saturated heterocycles. The maximum absolute atomic E-state index is 13.0. The van der Waals surface area contributed by atoms with Crippen molar-refractivity contribution in [2.45, 2.75) is 33.5 Å². The Morgan fingerprint density at radius 2 is 1.93 bits per heavy atom. The van der Waals surface area contributed by atoms with Gasteiger partial charge < -0.3 is 11.1 Å². The number of rotatable bonds is 4. The van der Waals surface area contributed by atoms with Crippen LogP contribution in [0.2, 0.25) is 0 Å². The number of fused-ring (bicyclic) bond motifs is 1. The molecule has 2 amide bonds. The summed E-state index contributed by atoms with van der Waals surface area (Å²) in [6.07, 6.45) is -4.63. The van der Waals surface area contributed by atoms with E-state index in [0.717, 1.165) is 17.5 Å². The summed E-state index contributed by atoms with van der Waals surface area (Å²) in [6, 6.07) is 2.67. The summed E-state index contributed by atoms with van der Waals surface area (Å²) in [4.78, 5) is 27.8. The van der Waals surface area contributed by atoms with Crippen molar-refractivity contribution in [2.24, 2.45) is 5.73 Å². The van der Waals surface area contributed by atoms with Gasteiger partial charge in [-0.15, -0.1) is 11.3 Å². The van der Waals surface area contributed by atoms with Crippen LogP contribution in [0.4, 0.5) is 18.9 Å². The first-order valence-corrected chi connectivity index (χ1v) is 8.91. The Bertz CT molecular complexity index is 1100. The zero-order valence-corrected chi connectivity index (χ0v) is 16.0. The molecule has 3 N–H and O–H groups in total. The van der Waals surface area contributed by atoms with Crippen molar-refractivity contribution < 1.29 is 22.8 Å².